The Balaban J connectivity index is 1.53. The van der Waals surface area contributed by atoms with Crippen molar-refractivity contribution in [1.29, 1.82) is 0 Å². The van der Waals surface area contributed by atoms with E-state index >= 15 is 0 Å². The van der Waals surface area contributed by atoms with Gasteiger partial charge in [0.2, 0.25) is 17.7 Å². The average Bonchev–Trinajstić information content (AvgIpc) is 3.04. The predicted molar refractivity (Wildman–Crippen MR) is 137 cm³/mol. The van der Waals surface area contributed by atoms with E-state index < -0.39 is 64.5 Å². The quantitative estimate of drug-likeness (QED) is 0.270. The summed E-state index contributed by atoms with van der Waals surface area (Å²) in [6, 6.07) is 14.7. The summed E-state index contributed by atoms with van der Waals surface area (Å²) < 4.78 is 41.5. The average molecular weight is 539 g/mol. The molecule has 1 unspecified atom stereocenters. The lowest BCUT2D eigenvalue weighted by Crippen LogP contribution is -2.50. The van der Waals surface area contributed by atoms with Crippen molar-refractivity contribution in [2.75, 3.05) is 10.6 Å². The minimum Gasteiger partial charge on any atom is -0.352 e. The van der Waals surface area contributed by atoms with Gasteiger partial charge in [-0.05, 0) is 43.7 Å². The SMILES string of the molecule is CC(C)(C(=O)NCc1ccccc1)C1C(=O)Nc2cccc(C(=O)NCc3c(F)ccc(F)c3F)c2NC1=O. The largest absolute Gasteiger partial charge is 0.352 e. The molecule has 11 heteroatoms. The van der Waals surface area contributed by atoms with E-state index in [1.165, 1.54) is 32.0 Å². The lowest BCUT2D eigenvalue weighted by Gasteiger charge is -2.29. The molecule has 0 fully saturated rings. The molecule has 0 bridgehead atoms. The Morgan fingerprint density at radius 2 is 1.49 bits per heavy atom. The van der Waals surface area contributed by atoms with Crippen molar-refractivity contribution in [3.8, 4) is 0 Å². The molecule has 3 aromatic rings. The van der Waals surface area contributed by atoms with E-state index in [1.54, 1.807) is 0 Å². The number of para-hydroxylation sites is 1. The maximum absolute atomic E-state index is 14.0. The summed E-state index contributed by atoms with van der Waals surface area (Å²) >= 11 is 0. The van der Waals surface area contributed by atoms with Gasteiger partial charge in [-0.2, -0.15) is 0 Å². The number of carbonyl (C=O) groups is 4. The third kappa shape index (κ3) is 5.62. The zero-order chi connectivity index (χ0) is 28.3. The first-order chi connectivity index (χ1) is 18.5. The summed E-state index contributed by atoms with van der Waals surface area (Å²) in [5.41, 5.74) is -1.42. The third-order valence-electron chi connectivity index (χ3n) is 6.51. The number of halogens is 3. The molecular weight excluding hydrogens is 513 g/mol. The van der Waals surface area contributed by atoms with Crippen LogP contribution in [0.4, 0.5) is 24.5 Å². The molecular formula is C28H25F3N4O4. The zero-order valence-corrected chi connectivity index (χ0v) is 21.0. The fraction of sp³-hybridized carbons (Fsp3) is 0.214. The number of hydrogen-bond acceptors (Lipinski definition) is 4. The lowest BCUT2D eigenvalue weighted by molar-refractivity contribution is -0.144. The van der Waals surface area contributed by atoms with Gasteiger partial charge in [-0.3, -0.25) is 19.2 Å². The molecule has 4 amide bonds. The second-order valence-corrected chi connectivity index (χ2v) is 9.53. The second-order valence-electron chi connectivity index (χ2n) is 9.53. The van der Waals surface area contributed by atoms with Gasteiger partial charge in [-0.15, -0.1) is 0 Å². The van der Waals surface area contributed by atoms with Crippen molar-refractivity contribution in [2.45, 2.75) is 26.9 Å². The van der Waals surface area contributed by atoms with Gasteiger partial charge in [0, 0.05) is 18.7 Å². The van der Waals surface area contributed by atoms with Gasteiger partial charge in [0.05, 0.1) is 22.4 Å². The van der Waals surface area contributed by atoms with Crippen molar-refractivity contribution < 1.29 is 32.3 Å². The van der Waals surface area contributed by atoms with Crippen LogP contribution >= 0.6 is 0 Å². The van der Waals surface area contributed by atoms with E-state index in [9.17, 15) is 32.3 Å². The summed E-state index contributed by atoms with van der Waals surface area (Å²) in [5.74, 6) is -8.18. The van der Waals surface area contributed by atoms with Crippen molar-refractivity contribution in [3.05, 3.63) is 94.8 Å². The van der Waals surface area contributed by atoms with Crippen LogP contribution in [0.1, 0.15) is 35.3 Å². The molecule has 1 aliphatic rings. The number of fused-ring (bicyclic) bond motifs is 1. The molecule has 8 nitrogen and oxygen atoms in total. The molecule has 39 heavy (non-hydrogen) atoms. The van der Waals surface area contributed by atoms with Crippen LogP contribution in [0.3, 0.4) is 0 Å². The van der Waals surface area contributed by atoms with Gasteiger partial charge < -0.3 is 21.3 Å². The molecule has 0 radical (unpaired) electrons. The molecule has 0 aliphatic carbocycles. The smallest absolute Gasteiger partial charge is 0.253 e. The normalized spacial score (nSPS) is 14.9. The van der Waals surface area contributed by atoms with E-state index in [0.29, 0.717) is 6.07 Å². The number of carbonyl (C=O) groups excluding carboxylic acids is 4. The Morgan fingerprint density at radius 1 is 0.821 bits per heavy atom. The predicted octanol–water partition coefficient (Wildman–Crippen LogP) is 3.88. The lowest BCUT2D eigenvalue weighted by atomic mass is 9.76. The Hall–Kier alpha value is -4.67. The molecule has 1 atom stereocenters. The summed E-state index contributed by atoms with van der Waals surface area (Å²) in [4.78, 5) is 52.4. The van der Waals surface area contributed by atoms with E-state index in [4.69, 9.17) is 0 Å². The van der Waals surface area contributed by atoms with Crippen LogP contribution in [0.25, 0.3) is 0 Å². The molecule has 0 saturated heterocycles. The van der Waals surface area contributed by atoms with Gasteiger partial charge in [0.1, 0.15) is 11.7 Å². The number of hydrogen-bond donors (Lipinski definition) is 4. The molecule has 0 spiro atoms. The van der Waals surface area contributed by atoms with Gasteiger partial charge in [0.25, 0.3) is 5.91 Å². The monoisotopic (exact) mass is 538 g/mol. The molecule has 1 aliphatic heterocycles. The summed E-state index contributed by atoms with van der Waals surface area (Å²) in [7, 11) is 0. The molecule has 4 rings (SSSR count). The number of benzene rings is 3. The Labute approximate surface area is 222 Å². The van der Waals surface area contributed by atoms with Crippen LogP contribution in [0.15, 0.2) is 60.7 Å². The highest BCUT2D eigenvalue weighted by Crippen LogP contribution is 2.36. The highest BCUT2D eigenvalue weighted by Gasteiger charge is 2.47. The highest BCUT2D eigenvalue weighted by atomic mass is 19.2. The maximum Gasteiger partial charge on any atom is 0.253 e. The van der Waals surface area contributed by atoms with E-state index in [0.717, 1.165) is 11.6 Å². The summed E-state index contributed by atoms with van der Waals surface area (Å²) in [6.45, 7) is 2.44. The number of anilines is 2. The van der Waals surface area contributed by atoms with Crippen molar-refractivity contribution in [1.82, 2.24) is 10.6 Å². The fourth-order valence-electron chi connectivity index (χ4n) is 4.29. The topological polar surface area (TPSA) is 116 Å². The van der Waals surface area contributed by atoms with Gasteiger partial charge in [-0.25, -0.2) is 13.2 Å². The standard InChI is InChI=1S/C28H25F3N4O4/c1-28(2,27(39)33-13-15-7-4-3-5-8-15)21-25(37)34-20-10-6-9-16(23(20)35-26(21)38)24(36)32-14-17-18(29)11-12-19(30)22(17)31/h3-12,21H,13-14H2,1-2H3,(H,32,36)(H,33,39)(H,34,37)(H,35,38). The molecule has 202 valence electrons. The molecule has 3 aromatic carbocycles. The van der Waals surface area contributed by atoms with E-state index in [1.807, 2.05) is 30.3 Å². The minimum absolute atomic E-state index is 0.0588. The molecule has 0 aromatic heterocycles. The Kier molecular flexibility index (Phi) is 7.70. The van der Waals surface area contributed by atoms with E-state index in [-0.39, 0.29) is 23.5 Å². The number of amides is 4. The summed E-state index contributed by atoms with van der Waals surface area (Å²) in [6.07, 6.45) is 0. The Morgan fingerprint density at radius 3 is 2.21 bits per heavy atom. The van der Waals surface area contributed by atoms with Crippen molar-refractivity contribution >= 4 is 35.0 Å². The van der Waals surface area contributed by atoms with E-state index in [2.05, 4.69) is 21.3 Å². The number of nitrogens with one attached hydrogen (secondary N) is 4. The minimum atomic E-state index is -1.49. The Bertz CT molecular complexity index is 1460. The van der Waals surface area contributed by atoms with Gasteiger partial charge in [0.15, 0.2) is 11.6 Å². The highest BCUT2D eigenvalue weighted by molar-refractivity contribution is 6.20. The molecule has 0 saturated carbocycles. The van der Waals surface area contributed by atoms with Gasteiger partial charge in [-0.1, -0.05) is 36.4 Å². The zero-order valence-electron chi connectivity index (χ0n) is 21.0. The van der Waals surface area contributed by atoms with Crippen molar-refractivity contribution in [2.24, 2.45) is 11.3 Å². The van der Waals surface area contributed by atoms with Crippen LogP contribution in [0.2, 0.25) is 0 Å². The van der Waals surface area contributed by atoms with Crippen molar-refractivity contribution in [3.63, 3.8) is 0 Å². The van der Waals surface area contributed by atoms with Crippen LogP contribution in [-0.2, 0) is 27.5 Å². The first-order valence-corrected chi connectivity index (χ1v) is 12.0. The van der Waals surface area contributed by atoms with Crippen LogP contribution in [0, 0.1) is 28.8 Å². The van der Waals surface area contributed by atoms with Crippen LogP contribution < -0.4 is 21.3 Å². The molecule has 4 N–H and O–H groups in total. The maximum atomic E-state index is 14.0. The number of rotatable bonds is 7. The molecule has 1 heterocycles. The van der Waals surface area contributed by atoms with Crippen LogP contribution in [0.5, 0.6) is 0 Å². The first-order valence-electron chi connectivity index (χ1n) is 12.0. The third-order valence-corrected chi connectivity index (χ3v) is 6.51. The van der Waals surface area contributed by atoms with Crippen LogP contribution in [-0.4, -0.2) is 23.6 Å². The summed E-state index contributed by atoms with van der Waals surface area (Å²) in [5, 5.41) is 10.2. The second kappa shape index (κ2) is 11.0. The fourth-order valence-corrected chi connectivity index (χ4v) is 4.29. The van der Waals surface area contributed by atoms with Gasteiger partial charge >= 0.3 is 0 Å². The first kappa shape index (κ1) is 27.4.